The van der Waals surface area contributed by atoms with Crippen LogP contribution < -0.4 is 5.32 Å². The standard InChI is InChI=1S/C12H15ClFNO/c1-9-8-10(5-6-11(9)14)15-12(16)4-2-3-7-13/h5-6,8H,2-4,7H2,1H3,(H,15,16). The minimum atomic E-state index is -0.264. The van der Waals surface area contributed by atoms with E-state index in [-0.39, 0.29) is 11.7 Å². The van der Waals surface area contributed by atoms with E-state index in [2.05, 4.69) is 5.32 Å². The summed E-state index contributed by atoms with van der Waals surface area (Å²) in [7, 11) is 0. The number of hydrogen-bond donors (Lipinski definition) is 1. The van der Waals surface area contributed by atoms with Crippen LogP contribution >= 0.6 is 11.6 Å². The fraction of sp³-hybridized carbons (Fsp3) is 0.417. The predicted molar refractivity (Wildman–Crippen MR) is 64.3 cm³/mol. The first kappa shape index (κ1) is 13.0. The Bertz CT molecular complexity index is 368. The highest BCUT2D eigenvalue weighted by Crippen LogP contribution is 2.14. The number of carbonyl (C=O) groups excluding carboxylic acids is 1. The number of benzene rings is 1. The number of nitrogens with one attached hydrogen (secondary N) is 1. The second-order valence-electron chi connectivity index (χ2n) is 3.66. The molecule has 0 bridgehead atoms. The average molecular weight is 244 g/mol. The summed E-state index contributed by atoms with van der Waals surface area (Å²) in [6.45, 7) is 1.67. The lowest BCUT2D eigenvalue weighted by atomic mass is 10.2. The quantitative estimate of drug-likeness (QED) is 0.623. The number of unbranched alkanes of at least 4 members (excludes halogenated alkanes) is 1. The molecule has 0 saturated heterocycles. The largest absolute Gasteiger partial charge is 0.326 e. The third-order valence-electron chi connectivity index (χ3n) is 2.23. The van der Waals surface area contributed by atoms with Crippen molar-refractivity contribution in [2.75, 3.05) is 11.2 Å². The minimum Gasteiger partial charge on any atom is -0.326 e. The molecule has 0 aliphatic carbocycles. The molecule has 0 aliphatic heterocycles. The maximum Gasteiger partial charge on any atom is 0.224 e. The number of alkyl halides is 1. The fourth-order valence-electron chi connectivity index (χ4n) is 1.33. The van der Waals surface area contributed by atoms with Crippen molar-refractivity contribution in [3.8, 4) is 0 Å². The van der Waals surface area contributed by atoms with E-state index in [1.165, 1.54) is 6.07 Å². The molecule has 1 aromatic rings. The van der Waals surface area contributed by atoms with Gasteiger partial charge >= 0.3 is 0 Å². The molecule has 0 spiro atoms. The Labute approximate surface area is 99.8 Å². The van der Waals surface area contributed by atoms with E-state index in [1.807, 2.05) is 0 Å². The van der Waals surface area contributed by atoms with Crippen molar-refractivity contribution in [3.63, 3.8) is 0 Å². The van der Waals surface area contributed by atoms with Gasteiger partial charge < -0.3 is 5.32 Å². The Morgan fingerprint density at radius 2 is 2.19 bits per heavy atom. The Morgan fingerprint density at radius 1 is 1.44 bits per heavy atom. The van der Waals surface area contributed by atoms with E-state index in [9.17, 15) is 9.18 Å². The Balaban J connectivity index is 2.46. The molecular formula is C12H15ClFNO. The molecule has 16 heavy (non-hydrogen) atoms. The van der Waals surface area contributed by atoms with Gasteiger partial charge in [0.25, 0.3) is 0 Å². The van der Waals surface area contributed by atoms with Crippen LogP contribution in [0.2, 0.25) is 0 Å². The van der Waals surface area contributed by atoms with E-state index in [0.717, 1.165) is 12.8 Å². The molecular weight excluding hydrogens is 229 g/mol. The molecule has 1 N–H and O–H groups in total. The van der Waals surface area contributed by atoms with E-state index in [0.29, 0.717) is 23.6 Å². The molecule has 2 nitrogen and oxygen atoms in total. The molecule has 0 atom stereocenters. The lowest BCUT2D eigenvalue weighted by molar-refractivity contribution is -0.116. The Hall–Kier alpha value is -1.09. The Morgan fingerprint density at radius 3 is 2.81 bits per heavy atom. The van der Waals surface area contributed by atoms with Crippen LogP contribution in [0.4, 0.5) is 10.1 Å². The summed E-state index contributed by atoms with van der Waals surface area (Å²) in [5, 5.41) is 2.72. The van der Waals surface area contributed by atoms with Crippen LogP contribution in [0.5, 0.6) is 0 Å². The van der Waals surface area contributed by atoms with Crippen LogP contribution in [0.15, 0.2) is 18.2 Å². The molecule has 0 fully saturated rings. The van der Waals surface area contributed by atoms with Gasteiger partial charge in [0, 0.05) is 18.0 Å². The smallest absolute Gasteiger partial charge is 0.224 e. The highest BCUT2D eigenvalue weighted by molar-refractivity contribution is 6.17. The summed E-state index contributed by atoms with van der Waals surface area (Å²) in [5.74, 6) is 0.249. The van der Waals surface area contributed by atoms with Gasteiger partial charge in [-0.1, -0.05) is 0 Å². The van der Waals surface area contributed by atoms with Gasteiger partial charge in [-0.25, -0.2) is 4.39 Å². The molecule has 0 unspecified atom stereocenters. The molecule has 0 radical (unpaired) electrons. The number of rotatable bonds is 5. The monoisotopic (exact) mass is 243 g/mol. The summed E-state index contributed by atoms with van der Waals surface area (Å²) in [6, 6.07) is 4.53. The van der Waals surface area contributed by atoms with E-state index >= 15 is 0 Å². The number of carbonyl (C=O) groups is 1. The highest BCUT2D eigenvalue weighted by atomic mass is 35.5. The van der Waals surface area contributed by atoms with E-state index in [1.54, 1.807) is 19.1 Å². The van der Waals surface area contributed by atoms with Gasteiger partial charge in [-0.2, -0.15) is 0 Å². The molecule has 4 heteroatoms. The van der Waals surface area contributed by atoms with E-state index < -0.39 is 0 Å². The van der Waals surface area contributed by atoms with Crippen LogP contribution in [0.3, 0.4) is 0 Å². The number of amides is 1. The number of anilines is 1. The third kappa shape index (κ3) is 4.19. The molecule has 1 amide bonds. The molecule has 88 valence electrons. The topological polar surface area (TPSA) is 29.1 Å². The Kier molecular flexibility index (Phi) is 5.26. The molecule has 0 aliphatic rings. The van der Waals surface area contributed by atoms with Crippen LogP contribution in [-0.2, 0) is 4.79 Å². The van der Waals surface area contributed by atoms with Crippen LogP contribution in [0.25, 0.3) is 0 Å². The highest BCUT2D eigenvalue weighted by Gasteiger charge is 2.03. The van der Waals surface area contributed by atoms with Crippen molar-refractivity contribution in [2.45, 2.75) is 26.2 Å². The van der Waals surface area contributed by atoms with Gasteiger partial charge in [0.2, 0.25) is 5.91 Å². The minimum absolute atomic E-state index is 0.0591. The second kappa shape index (κ2) is 6.48. The van der Waals surface area contributed by atoms with Gasteiger partial charge in [-0.3, -0.25) is 4.79 Å². The number of aryl methyl sites for hydroxylation is 1. The number of halogens is 2. The fourth-order valence-corrected chi connectivity index (χ4v) is 1.51. The summed E-state index contributed by atoms with van der Waals surface area (Å²) < 4.78 is 13.0. The first-order valence-electron chi connectivity index (χ1n) is 5.25. The van der Waals surface area contributed by atoms with Crippen molar-refractivity contribution in [1.29, 1.82) is 0 Å². The molecule has 0 saturated carbocycles. The van der Waals surface area contributed by atoms with Gasteiger partial charge in [0.1, 0.15) is 5.82 Å². The van der Waals surface area contributed by atoms with Gasteiger partial charge in [-0.05, 0) is 43.5 Å². The van der Waals surface area contributed by atoms with Gasteiger partial charge in [0.05, 0.1) is 0 Å². The maximum atomic E-state index is 13.0. The first-order valence-corrected chi connectivity index (χ1v) is 5.79. The van der Waals surface area contributed by atoms with Crippen LogP contribution in [-0.4, -0.2) is 11.8 Å². The normalized spacial score (nSPS) is 10.2. The van der Waals surface area contributed by atoms with Gasteiger partial charge in [0.15, 0.2) is 0 Å². The number of hydrogen-bond acceptors (Lipinski definition) is 1. The van der Waals surface area contributed by atoms with Crippen molar-refractivity contribution >= 4 is 23.2 Å². The summed E-state index contributed by atoms with van der Waals surface area (Å²) in [6.07, 6.45) is 2.05. The SMILES string of the molecule is Cc1cc(NC(=O)CCCCCl)ccc1F. The van der Waals surface area contributed by atoms with Crippen molar-refractivity contribution in [1.82, 2.24) is 0 Å². The van der Waals surface area contributed by atoms with E-state index in [4.69, 9.17) is 11.6 Å². The first-order chi connectivity index (χ1) is 7.63. The summed E-state index contributed by atoms with van der Waals surface area (Å²) >= 11 is 5.51. The third-order valence-corrected chi connectivity index (χ3v) is 2.50. The van der Waals surface area contributed by atoms with Gasteiger partial charge in [-0.15, -0.1) is 11.6 Å². The zero-order valence-corrected chi connectivity index (χ0v) is 9.98. The molecule has 1 aromatic carbocycles. The predicted octanol–water partition coefficient (Wildman–Crippen LogP) is 3.48. The zero-order chi connectivity index (χ0) is 12.0. The average Bonchev–Trinajstić information content (AvgIpc) is 2.24. The zero-order valence-electron chi connectivity index (χ0n) is 9.22. The maximum absolute atomic E-state index is 13.0. The second-order valence-corrected chi connectivity index (χ2v) is 4.04. The molecule has 0 heterocycles. The summed E-state index contributed by atoms with van der Waals surface area (Å²) in [4.78, 5) is 11.4. The van der Waals surface area contributed by atoms with Crippen molar-refractivity contribution < 1.29 is 9.18 Å². The van der Waals surface area contributed by atoms with Crippen molar-refractivity contribution in [3.05, 3.63) is 29.6 Å². The lowest BCUT2D eigenvalue weighted by Crippen LogP contribution is -2.11. The molecule has 0 aromatic heterocycles. The lowest BCUT2D eigenvalue weighted by Gasteiger charge is -2.06. The molecule has 1 rings (SSSR count). The summed E-state index contributed by atoms with van der Waals surface area (Å²) in [5.41, 5.74) is 1.16. The van der Waals surface area contributed by atoms with Crippen molar-refractivity contribution in [2.24, 2.45) is 0 Å². The van der Waals surface area contributed by atoms with Crippen LogP contribution in [0.1, 0.15) is 24.8 Å². The van der Waals surface area contributed by atoms with Crippen LogP contribution in [0, 0.1) is 12.7 Å².